The Hall–Kier alpha value is -6.60. The highest BCUT2D eigenvalue weighted by molar-refractivity contribution is 6.06. The van der Waals surface area contributed by atoms with E-state index in [4.69, 9.17) is 37.9 Å². The lowest BCUT2D eigenvalue weighted by molar-refractivity contribution is -0.261. The summed E-state index contributed by atoms with van der Waals surface area (Å²) in [6.45, 7) is 4.83. The standard InChI is InChI=1S/C46H49N5O13/c1-27(52)58-24-37-41(61-29(3)54)42(62-30(4)55)40(59-22-32-16-10-6-11-17-32)35(63-37)20-34-36(23-57-21-31-14-8-5-9-15-31)64-46(39(34)60-28(2)53)51-26-49-38-43(47-25-48-44(38)51)50-45(56)33-18-12-7-13-19-33/h5-19,25-26,34-37,39-42,46H,20-24H2,1-4H3,(H,47,48,50,56)/t34-,35-,36-,37-,39-,40+,41-,42-,46-/m1/s1. The molecule has 0 unspecified atom stereocenters. The van der Waals surface area contributed by atoms with Crippen LogP contribution < -0.4 is 5.32 Å². The van der Waals surface area contributed by atoms with Crippen LogP contribution >= 0.6 is 0 Å². The van der Waals surface area contributed by atoms with Crippen LogP contribution in [0, 0.1) is 5.92 Å². The molecule has 2 aliphatic rings. The van der Waals surface area contributed by atoms with Gasteiger partial charge in [-0.25, -0.2) is 15.0 Å². The molecule has 1 amide bonds. The van der Waals surface area contributed by atoms with E-state index in [1.807, 2.05) is 60.7 Å². The zero-order chi connectivity index (χ0) is 45.2. The van der Waals surface area contributed by atoms with Crippen LogP contribution in [0.3, 0.4) is 0 Å². The molecule has 0 aliphatic carbocycles. The number of rotatable bonds is 17. The van der Waals surface area contributed by atoms with Gasteiger partial charge in [-0.3, -0.25) is 28.5 Å². The maximum absolute atomic E-state index is 13.2. The first-order valence-corrected chi connectivity index (χ1v) is 20.7. The molecule has 2 fully saturated rings. The van der Waals surface area contributed by atoms with Crippen molar-refractivity contribution in [1.82, 2.24) is 19.5 Å². The van der Waals surface area contributed by atoms with E-state index in [2.05, 4.69) is 20.3 Å². The number of fused-ring (bicyclic) bond motifs is 1. The van der Waals surface area contributed by atoms with Crippen LogP contribution in [0.4, 0.5) is 5.82 Å². The smallest absolute Gasteiger partial charge is 0.303 e. The summed E-state index contributed by atoms with van der Waals surface area (Å²) in [5, 5.41) is 2.81. The zero-order valence-corrected chi connectivity index (χ0v) is 35.6. The van der Waals surface area contributed by atoms with Crippen LogP contribution in [0.25, 0.3) is 11.2 Å². The number of hydrogen-bond acceptors (Lipinski definition) is 16. The minimum Gasteiger partial charge on any atom is -0.463 e. The summed E-state index contributed by atoms with van der Waals surface area (Å²) in [6.07, 6.45) is -5.87. The Balaban J connectivity index is 1.27. The van der Waals surface area contributed by atoms with Crippen LogP contribution in [0.1, 0.15) is 61.8 Å². The fraction of sp³-hybridized carbons (Fsp3) is 0.391. The Labute approximate surface area is 368 Å². The van der Waals surface area contributed by atoms with E-state index < -0.39 is 84.7 Å². The second-order valence-corrected chi connectivity index (χ2v) is 15.3. The molecule has 0 saturated carbocycles. The highest BCUT2D eigenvalue weighted by Crippen LogP contribution is 2.43. The lowest BCUT2D eigenvalue weighted by Crippen LogP contribution is -2.62. The Morgan fingerprint density at radius 1 is 0.625 bits per heavy atom. The topological polar surface area (TPSA) is 215 Å². The SMILES string of the molecule is CC(=O)OC[C@H]1O[C@H](C[C@H]2[C@@H](OC(C)=O)[C@H](n3cnc4c(NC(=O)c5ccccc5)ncnc43)O[C@@H]2COCc2ccccc2)[C@H](OCc2ccccc2)[C@@H](OC(C)=O)[C@@H]1OC(C)=O. The normalized spacial score (nSPS) is 24.1. The number of imidazole rings is 1. The number of aromatic nitrogens is 4. The molecule has 0 bridgehead atoms. The number of ether oxygens (including phenoxy) is 8. The largest absolute Gasteiger partial charge is 0.463 e. The molecule has 18 nitrogen and oxygen atoms in total. The first kappa shape index (κ1) is 45.4. The summed E-state index contributed by atoms with van der Waals surface area (Å²) in [7, 11) is 0. The van der Waals surface area contributed by atoms with E-state index in [1.165, 1.54) is 40.3 Å². The van der Waals surface area contributed by atoms with Crippen molar-refractivity contribution < 1.29 is 61.9 Å². The number of benzene rings is 3. The minimum absolute atomic E-state index is 0.0103. The summed E-state index contributed by atoms with van der Waals surface area (Å²) in [5.41, 5.74) is 2.62. The highest BCUT2D eigenvalue weighted by atomic mass is 16.7. The van der Waals surface area contributed by atoms with Gasteiger partial charge in [0.15, 0.2) is 41.5 Å². The predicted molar refractivity (Wildman–Crippen MR) is 225 cm³/mol. The molecule has 7 rings (SSSR count). The summed E-state index contributed by atoms with van der Waals surface area (Å²) in [4.78, 5) is 77.1. The molecule has 18 heteroatoms. The number of esters is 4. The van der Waals surface area contributed by atoms with Gasteiger partial charge in [-0.2, -0.15) is 0 Å². The van der Waals surface area contributed by atoms with Crippen LogP contribution in [-0.2, 0) is 70.3 Å². The van der Waals surface area contributed by atoms with Crippen LogP contribution in [0.5, 0.6) is 0 Å². The average molecular weight is 880 g/mol. The molecule has 4 heterocycles. The fourth-order valence-electron chi connectivity index (χ4n) is 7.97. The number of anilines is 1. The maximum Gasteiger partial charge on any atom is 0.303 e. The molecular formula is C46H49N5O13. The third-order valence-corrected chi connectivity index (χ3v) is 10.7. The van der Waals surface area contributed by atoms with Crippen molar-refractivity contribution in [2.45, 2.75) is 96.3 Å². The van der Waals surface area contributed by atoms with Crippen molar-refractivity contribution >= 4 is 46.8 Å². The molecule has 5 aromatic rings. The van der Waals surface area contributed by atoms with Gasteiger partial charge >= 0.3 is 23.9 Å². The van der Waals surface area contributed by atoms with Crippen molar-refractivity contribution in [3.05, 3.63) is 120 Å². The quantitative estimate of drug-likeness (QED) is 0.0970. The van der Waals surface area contributed by atoms with Crippen molar-refractivity contribution in [3.8, 4) is 0 Å². The fourth-order valence-corrected chi connectivity index (χ4v) is 7.97. The van der Waals surface area contributed by atoms with Crippen LogP contribution in [-0.4, -0.2) is 105 Å². The van der Waals surface area contributed by atoms with Crippen molar-refractivity contribution in [2.75, 3.05) is 18.5 Å². The van der Waals surface area contributed by atoms with Gasteiger partial charge < -0.3 is 43.2 Å². The molecule has 1 N–H and O–H groups in total. The summed E-state index contributed by atoms with van der Waals surface area (Å²) in [6, 6.07) is 27.4. The van der Waals surface area contributed by atoms with Gasteiger partial charge in [0.2, 0.25) is 0 Å². The average Bonchev–Trinajstić information content (AvgIpc) is 3.85. The predicted octanol–water partition coefficient (Wildman–Crippen LogP) is 4.91. The molecule has 64 heavy (non-hydrogen) atoms. The molecule has 2 aliphatic heterocycles. The first-order chi connectivity index (χ1) is 30.9. The van der Waals surface area contributed by atoms with Crippen molar-refractivity contribution in [1.29, 1.82) is 0 Å². The third-order valence-electron chi connectivity index (χ3n) is 10.7. The van der Waals surface area contributed by atoms with Gasteiger partial charge in [0.05, 0.1) is 38.4 Å². The molecule has 336 valence electrons. The zero-order valence-electron chi connectivity index (χ0n) is 35.6. The number of nitrogens with one attached hydrogen (secondary N) is 1. The number of carbonyl (C=O) groups excluding carboxylic acids is 5. The number of hydrogen-bond donors (Lipinski definition) is 1. The lowest BCUT2D eigenvalue weighted by Gasteiger charge is -2.46. The molecule has 3 aromatic carbocycles. The van der Waals surface area contributed by atoms with E-state index >= 15 is 0 Å². The molecule has 2 saturated heterocycles. The molecule has 0 spiro atoms. The molecule has 0 radical (unpaired) electrons. The van der Waals surface area contributed by atoms with Crippen LogP contribution in [0.15, 0.2) is 104 Å². The van der Waals surface area contributed by atoms with Gasteiger partial charge in [0.25, 0.3) is 5.91 Å². The summed E-state index contributed by atoms with van der Waals surface area (Å²) < 4.78 is 51.1. The minimum atomic E-state index is -1.26. The third kappa shape index (κ3) is 11.3. The first-order valence-electron chi connectivity index (χ1n) is 20.7. The Morgan fingerprint density at radius 3 is 1.88 bits per heavy atom. The van der Waals surface area contributed by atoms with E-state index in [0.29, 0.717) is 5.56 Å². The van der Waals surface area contributed by atoms with Gasteiger partial charge in [0.1, 0.15) is 25.1 Å². The van der Waals surface area contributed by atoms with E-state index in [0.717, 1.165) is 11.1 Å². The summed E-state index contributed by atoms with van der Waals surface area (Å²) >= 11 is 0. The summed E-state index contributed by atoms with van der Waals surface area (Å²) in [5.74, 6) is -3.62. The van der Waals surface area contributed by atoms with Gasteiger partial charge in [-0.15, -0.1) is 0 Å². The Bertz CT molecular complexity index is 2380. The Kier molecular flexibility index (Phi) is 15.0. The Morgan fingerprint density at radius 2 is 1.23 bits per heavy atom. The molecular weight excluding hydrogens is 831 g/mol. The lowest BCUT2D eigenvalue weighted by atomic mass is 9.85. The number of nitrogens with zero attached hydrogens (tertiary/aromatic N) is 4. The number of carbonyl (C=O) groups is 5. The second kappa shape index (κ2) is 21.2. The molecule has 2 aromatic heterocycles. The van der Waals surface area contributed by atoms with Gasteiger partial charge in [-0.1, -0.05) is 78.9 Å². The van der Waals surface area contributed by atoms with Crippen molar-refractivity contribution in [2.24, 2.45) is 5.92 Å². The number of amides is 1. The van der Waals surface area contributed by atoms with E-state index in [9.17, 15) is 24.0 Å². The maximum atomic E-state index is 13.2. The van der Waals surface area contributed by atoms with Crippen LogP contribution in [0.2, 0.25) is 0 Å². The second-order valence-electron chi connectivity index (χ2n) is 15.3. The monoisotopic (exact) mass is 879 g/mol. The van der Waals surface area contributed by atoms with E-state index in [-0.39, 0.29) is 49.8 Å². The van der Waals surface area contributed by atoms with Crippen molar-refractivity contribution in [3.63, 3.8) is 0 Å². The highest BCUT2D eigenvalue weighted by Gasteiger charge is 2.55. The van der Waals surface area contributed by atoms with Gasteiger partial charge in [0, 0.05) is 39.2 Å². The van der Waals surface area contributed by atoms with E-state index in [1.54, 1.807) is 34.9 Å². The molecule has 9 atom stereocenters. The van der Waals surface area contributed by atoms with Gasteiger partial charge in [-0.05, 0) is 29.7 Å².